The summed E-state index contributed by atoms with van der Waals surface area (Å²) < 4.78 is 20.3. The highest BCUT2D eigenvalue weighted by atomic mass is 19.1. The lowest BCUT2D eigenvalue weighted by atomic mass is 10.2. The first-order valence-corrected chi connectivity index (χ1v) is 6.28. The summed E-state index contributed by atoms with van der Waals surface area (Å²) in [5.74, 6) is 1.05. The van der Waals surface area contributed by atoms with E-state index in [4.69, 9.17) is 4.74 Å². The SMILES string of the molecule is COc1cc(F)ccc1NCc1cnc(N(C)C)n1C. The predicted octanol–water partition coefficient (Wildman–Crippen LogP) is 2.25. The lowest BCUT2D eigenvalue weighted by Gasteiger charge is -2.14. The first kappa shape index (κ1) is 14.2. The van der Waals surface area contributed by atoms with Gasteiger partial charge < -0.3 is 19.5 Å². The third kappa shape index (κ3) is 2.84. The maximum Gasteiger partial charge on any atom is 0.204 e. The molecule has 5 nitrogen and oxygen atoms in total. The average Bonchev–Trinajstić information content (AvgIpc) is 2.78. The highest BCUT2D eigenvalue weighted by Crippen LogP contribution is 2.25. The third-order valence-electron chi connectivity index (χ3n) is 3.08. The summed E-state index contributed by atoms with van der Waals surface area (Å²) in [5.41, 5.74) is 1.78. The van der Waals surface area contributed by atoms with Crippen molar-refractivity contribution in [2.75, 3.05) is 31.4 Å². The molecular weight excluding hydrogens is 259 g/mol. The number of halogens is 1. The fourth-order valence-electron chi connectivity index (χ4n) is 2.01. The number of nitrogens with one attached hydrogen (secondary N) is 1. The predicted molar refractivity (Wildman–Crippen MR) is 77.8 cm³/mol. The minimum absolute atomic E-state index is 0.317. The Morgan fingerprint density at radius 2 is 2.15 bits per heavy atom. The van der Waals surface area contributed by atoms with Crippen LogP contribution in [0.15, 0.2) is 24.4 Å². The molecule has 0 spiro atoms. The number of benzene rings is 1. The van der Waals surface area contributed by atoms with E-state index in [1.807, 2.05) is 36.8 Å². The van der Waals surface area contributed by atoms with Gasteiger partial charge in [0.1, 0.15) is 11.6 Å². The van der Waals surface area contributed by atoms with Crippen LogP contribution in [-0.2, 0) is 13.6 Å². The molecule has 1 N–H and O–H groups in total. The number of nitrogens with zero attached hydrogens (tertiary/aromatic N) is 3. The second-order valence-electron chi connectivity index (χ2n) is 4.70. The minimum Gasteiger partial charge on any atom is -0.494 e. The molecule has 0 radical (unpaired) electrons. The molecule has 0 atom stereocenters. The van der Waals surface area contributed by atoms with Crippen LogP contribution >= 0.6 is 0 Å². The molecule has 2 aromatic rings. The zero-order valence-corrected chi connectivity index (χ0v) is 12.1. The first-order chi connectivity index (χ1) is 9.52. The lowest BCUT2D eigenvalue weighted by molar-refractivity contribution is 0.413. The monoisotopic (exact) mass is 278 g/mol. The normalized spacial score (nSPS) is 10.4. The number of hydrogen-bond donors (Lipinski definition) is 1. The fourth-order valence-corrected chi connectivity index (χ4v) is 2.01. The van der Waals surface area contributed by atoms with Crippen LogP contribution < -0.4 is 15.0 Å². The van der Waals surface area contributed by atoms with E-state index >= 15 is 0 Å². The summed E-state index contributed by atoms with van der Waals surface area (Å²) in [6.45, 7) is 0.583. The smallest absolute Gasteiger partial charge is 0.204 e. The molecule has 108 valence electrons. The molecule has 0 aliphatic carbocycles. The van der Waals surface area contributed by atoms with E-state index in [9.17, 15) is 4.39 Å². The molecule has 0 bridgehead atoms. The quantitative estimate of drug-likeness (QED) is 0.911. The highest BCUT2D eigenvalue weighted by molar-refractivity contribution is 5.56. The van der Waals surface area contributed by atoms with Crippen LogP contribution in [0.5, 0.6) is 5.75 Å². The van der Waals surface area contributed by atoms with Gasteiger partial charge in [0.2, 0.25) is 5.95 Å². The molecule has 0 aliphatic heterocycles. The summed E-state index contributed by atoms with van der Waals surface area (Å²) in [7, 11) is 7.38. The van der Waals surface area contributed by atoms with E-state index < -0.39 is 0 Å². The fraction of sp³-hybridized carbons (Fsp3) is 0.357. The van der Waals surface area contributed by atoms with Gasteiger partial charge in [0.15, 0.2) is 0 Å². The topological polar surface area (TPSA) is 42.3 Å². The molecule has 6 heteroatoms. The number of imidazole rings is 1. The third-order valence-corrected chi connectivity index (χ3v) is 3.08. The Bertz CT molecular complexity index is 595. The number of ether oxygens (including phenoxy) is 1. The van der Waals surface area contributed by atoms with Crippen molar-refractivity contribution < 1.29 is 9.13 Å². The van der Waals surface area contributed by atoms with Crippen LogP contribution in [0.3, 0.4) is 0 Å². The van der Waals surface area contributed by atoms with Crippen LogP contribution in [0.4, 0.5) is 16.0 Å². The van der Waals surface area contributed by atoms with E-state index in [-0.39, 0.29) is 5.82 Å². The second kappa shape index (κ2) is 5.81. The van der Waals surface area contributed by atoms with Gasteiger partial charge in [-0.2, -0.15) is 0 Å². The van der Waals surface area contributed by atoms with E-state index in [0.717, 1.165) is 17.3 Å². The first-order valence-electron chi connectivity index (χ1n) is 6.28. The van der Waals surface area contributed by atoms with Gasteiger partial charge in [0.25, 0.3) is 0 Å². The van der Waals surface area contributed by atoms with E-state index in [1.54, 1.807) is 6.07 Å². The van der Waals surface area contributed by atoms with E-state index in [0.29, 0.717) is 12.3 Å². The van der Waals surface area contributed by atoms with Gasteiger partial charge in [-0.25, -0.2) is 9.37 Å². The molecule has 0 unspecified atom stereocenters. The van der Waals surface area contributed by atoms with Gasteiger partial charge in [0.05, 0.1) is 31.2 Å². The lowest BCUT2D eigenvalue weighted by Crippen LogP contribution is -2.15. The number of aromatic nitrogens is 2. The van der Waals surface area contributed by atoms with Gasteiger partial charge >= 0.3 is 0 Å². The minimum atomic E-state index is -0.317. The highest BCUT2D eigenvalue weighted by Gasteiger charge is 2.09. The Morgan fingerprint density at radius 1 is 1.40 bits per heavy atom. The Hall–Kier alpha value is -2.24. The number of anilines is 2. The zero-order valence-electron chi connectivity index (χ0n) is 12.1. The summed E-state index contributed by atoms with van der Waals surface area (Å²) in [5, 5.41) is 3.23. The van der Waals surface area contributed by atoms with Gasteiger partial charge in [0, 0.05) is 27.2 Å². The van der Waals surface area contributed by atoms with Crippen LogP contribution in [-0.4, -0.2) is 30.8 Å². The van der Waals surface area contributed by atoms with Crippen molar-refractivity contribution in [2.45, 2.75) is 6.54 Å². The molecule has 0 saturated heterocycles. The molecule has 0 amide bonds. The van der Waals surface area contributed by atoms with Gasteiger partial charge in [-0.05, 0) is 12.1 Å². The maximum absolute atomic E-state index is 13.1. The molecule has 0 fully saturated rings. The summed E-state index contributed by atoms with van der Waals surface area (Å²) in [4.78, 5) is 6.29. The molecule has 0 aliphatic rings. The zero-order chi connectivity index (χ0) is 14.7. The van der Waals surface area contributed by atoms with Gasteiger partial charge in [-0.1, -0.05) is 0 Å². The van der Waals surface area contributed by atoms with Crippen LogP contribution in [0.25, 0.3) is 0 Å². The van der Waals surface area contributed by atoms with Crippen molar-refractivity contribution in [3.63, 3.8) is 0 Å². The number of hydrogen-bond acceptors (Lipinski definition) is 4. The van der Waals surface area contributed by atoms with Crippen molar-refractivity contribution in [1.82, 2.24) is 9.55 Å². The molecule has 1 heterocycles. The standard InChI is InChI=1S/C14H19FN4O/c1-18(2)14-17-9-11(19(14)3)8-16-12-6-5-10(15)7-13(12)20-4/h5-7,9,16H,8H2,1-4H3. The number of rotatable bonds is 5. The Kier molecular flexibility index (Phi) is 4.12. The van der Waals surface area contributed by atoms with Crippen LogP contribution in [0, 0.1) is 5.82 Å². The second-order valence-corrected chi connectivity index (χ2v) is 4.70. The van der Waals surface area contributed by atoms with Gasteiger partial charge in [-0.3, -0.25) is 0 Å². The molecule has 20 heavy (non-hydrogen) atoms. The molecular formula is C14H19FN4O. The maximum atomic E-state index is 13.1. The molecule has 1 aromatic heterocycles. The van der Waals surface area contributed by atoms with Crippen molar-refractivity contribution in [2.24, 2.45) is 7.05 Å². The van der Waals surface area contributed by atoms with Gasteiger partial charge in [-0.15, -0.1) is 0 Å². The molecule has 0 saturated carbocycles. The summed E-state index contributed by atoms with van der Waals surface area (Å²) in [6, 6.07) is 4.42. The largest absolute Gasteiger partial charge is 0.494 e. The molecule has 1 aromatic carbocycles. The van der Waals surface area contributed by atoms with Crippen LogP contribution in [0.2, 0.25) is 0 Å². The van der Waals surface area contributed by atoms with Crippen molar-refractivity contribution in [3.8, 4) is 5.75 Å². The average molecular weight is 278 g/mol. The molecule has 2 rings (SSSR count). The van der Waals surface area contributed by atoms with Crippen molar-refractivity contribution in [1.29, 1.82) is 0 Å². The van der Waals surface area contributed by atoms with Crippen LogP contribution in [0.1, 0.15) is 5.69 Å². The summed E-state index contributed by atoms with van der Waals surface area (Å²) in [6.07, 6.45) is 1.82. The number of methoxy groups -OCH3 is 1. The van der Waals surface area contributed by atoms with E-state index in [2.05, 4.69) is 10.3 Å². The summed E-state index contributed by atoms with van der Waals surface area (Å²) >= 11 is 0. The van der Waals surface area contributed by atoms with Crippen molar-refractivity contribution >= 4 is 11.6 Å². The van der Waals surface area contributed by atoms with Crippen molar-refractivity contribution in [3.05, 3.63) is 35.9 Å². The Morgan fingerprint density at radius 3 is 2.75 bits per heavy atom. The Labute approximate surface area is 118 Å². The Balaban J connectivity index is 2.13. The van der Waals surface area contributed by atoms with E-state index in [1.165, 1.54) is 19.2 Å².